The number of nitrogens with one attached hydrogen (secondary N) is 1. The van der Waals surface area contributed by atoms with Gasteiger partial charge >= 0.3 is 0 Å². The van der Waals surface area contributed by atoms with Crippen molar-refractivity contribution in [3.05, 3.63) is 0 Å². The number of likely N-dealkylation sites (N-methyl/N-ethyl adjacent to an activating group) is 1. The zero-order valence-electron chi connectivity index (χ0n) is 10.4. The molecule has 1 N–H and O–H groups in total. The number of ether oxygens (including phenoxy) is 1. The van der Waals surface area contributed by atoms with Crippen molar-refractivity contribution in [3.8, 4) is 0 Å². The summed E-state index contributed by atoms with van der Waals surface area (Å²) >= 11 is 0. The summed E-state index contributed by atoms with van der Waals surface area (Å²) in [6.45, 7) is 2.09. The first-order valence-electron chi connectivity index (χ1n) is 5.93. The van der Waals surface area contributed by atoms with Crippen molar-refractivity contribution in [1.82, 2.24) is 5.32 Å². The standard InChI is InChI=1S/C11H23NO3S/c1-9-6-7-11(15-9)10(12-2)5-4-8-16(3,13)14/h9-12H,4-8H2,1-3H3. The maximum atomic E-state index is 11.0. The summed E-state index contributed by atoms with van der Waals surface area (Å²) in [5, 5.41) is 3.23. The largest absolute Gasteiger partial charge is 0.374 e. The predicted octanol–water partition coefficient (Wildman–Crippen LogP) is 0.967. The molecule has 0 aliphatic carbocycles. The average Bonchev–Trinajstić information content (AvgIpc) is 2.58. The molecule has 0 aromatic heterocycles. The van der Waals surface area contributed by atoms with Gasteiger partial charge < -0.3 is 10.1 Å². The molecule has 0 bridgehead atoms. The third-order valence-electron chi connectivity index (χ3n) is 3.11. The zero-order chi connectivity index (χ0) is 12.2. The summed E-state index contributed by atoms with van der Waals surface area (Å²) in [6.07, 6.45) is 5.63. The molecule has 0 saturated carbocycles. The van der Waals surface area contributed by atoms with Crippen molar-refractivity contribution in [2.75, 3.05) is 19.1 Å². The number of rotatable bonds is 6. The summed E-state index contributed by atoms with van der Waals surface area (Å²) in [5.41, 5.74) is 0. The number of sulfone groups is 1. The molecule has 5 heteroatoms. The molecule has 1 rings (SSSR count). The minimum Gasteiger partial charge on any atom is -0.374 e. The highest BCUT2D eigenvalue weighted by atomic mass is 32.2. The first-order chi connectivity index (χ1) is 7.42. The Bertz CT molecular complexity index is 302. The lowest BCUT2D eigenvalue weighted by atomic mass is 10.0. The molecule has 1 heterocycles. The molecule has 0 aromatic rings. The quantitative estimate of drug-likeness (QED) is 0.762. The van der Waals surface area contributed by atoms with Crippen LogP contribution in [-0.4, -0.2) is 45.7 Å². The van der Waals surface area contributed by atoms with E-state index in [0.717, 1.165) is 19.3 Å². The molecule has 0 spiro atoms. The Morgan fingerprint density at radius 2 is 2.12 bits per heavy atom. The Labute approximate surface area is 98.7 Å². The van der Waals surface area contributed by atoms with E-state index < -0.39 is 9.84 Å². The van der Waals surface area contributed by atoms with Crippen LogP contribution in [0.5, 0.6) is 0 Å². The van der Waals surface area contributed by atoms with E-state index in [0.29, 0.717) is 12.5 Å². The lowest BCUT2D eigenvalue weighted by Crippen LogP contribution is -2.37. The van der Waals surface area contributed by atoms with Gasteiger partial charge in [-0.1, -0.05) is 0 Å². The Morgan fingerprint density at radius 3 is 2.56 bits per heavy atom. The van der Waals surface area contributed by atoms with E-state index in [1.807, 2.05) is 7.05 Å². The fraction of sp³-hybridized carbons (Fsp3) is 1.00. The van der Waals surface area contributed by atoms with Crippen molar-refractivity contribution in [1.29, 1.82) is 0 Å². The van der Waals surface area contributed by atoms with Crippen LogP contribution in [0.4, 0.5) is 0 Å². The highest BCUT2D eigenvalue weighted by Crippen LogP contribution is 2.23. The average molecular weight is 249 g/mol. The molecule has 1 aliphatic rings. The molecular weight excluding hydrogens is 226 g/mol. The van der Waals surface area contributed by atoms with E-state index in [9.17, 15) is 8.42 Å². The predicted molar refractivity (Wildman–Crippen MR) is 65.4 cm³/mol. The van der Waals surface area contributed by atoms with Gasteiger partial charge in [0.25, 0.3) is 0 Å². The normalized spacial score (nSPS) is 28.2. The van der Waals surface area contributed by atoms with E-state index in [1.54, 1.807) is 0 Å². The van der Waals surface area contributed by atoms with Gasteiger partial charge in [0.2, 0.25) is 0 Å². The van der Waals surface area contributed by atoms with Crippen molar-refractivity contribution >= 4 is 9.84 Å². The summed E-state index contributed by atoms with van der Waals surface area (Å²) in [4.78, 5) is 0. The van der Waals surface area contributed by atoms with E-state index >= 15 is 0 Å². The van der Waals surface area contributed by atoms with Gasteiger partial charge in [-0.2, -0.15) is 0 Å². The Morgan fingerprint density at radius 1 is 1.44 bits per heavy atom. The first-order valence-corrected chi connectivity index (χ1v) is 7.99. The highest BCUT2D eigenvalue weighted by molar-refractivity contribution is 7.90. The van der Waals surface area contributed by atoms with Crippen LogP contribution < -0.4 is 5.32 Å². The Hall–Kier alpha value is -0.130. The molecule has 16 heavy (non-hydrogen) atoms. The van der Waals surface area contributed by atoms with Gasteiger partial charge in [0.1, 0.15) is 9.84 Å². The number of hydrogen-bond donors (Lipinski definition) is 1. The molecule has 4 nitrogen and oxygen atoms in total. The summed E-state index contributed by atoms with van der Waals surface area (Å²) in [6, 6.07) is 0.284. The lowest BCUT2D eigenvalue weighted by Gasteiger charge is -2.22. The molecule has 0 radical (unpaired) electrons. The molecule has 1 aliphatic heterocycles. The van der Waals surface area contributed by atoms with E-state index in [4.69, 9.17) is 4.74 Å². The van der Waals surface area contributed by atoms with E-state index in [-0.39, 0.29) is 17.9 Å². The second-order valence-electron chi connectivity index (χ2n) is 4.73. The van der Waals surface area contributed by atoms with Crippen molar-refractivity contribution < 1.29 is 13.2 Å². The van der Waals surface area contributed by atoms with E-state index in [1.165, 1.54) is 6.26 Å². The van der Waals surface area contributed by atoms with Crippen LogP contribution in [0.1, 0.15) is 32.6 Å². The fourth-order valence-electron chi connectivity index (χ4n) is 2.21. The molecule has 3 atom stereocenters. The van der Waals surface area contributed by atoms with Crippen LogP contribution in [0.25, 0.3) is 0 Å². The smallest absolute Gasteiger partial charge is 0.147 e. The van der Waals surface area contributed by atoms with Crippen molar-refractivity contribution in [3.63, 3.8) is 0 Å². The second-order valence-corrected chi connectivity index (χ2v) is 6.99. The van der Waals surface area contributed by atoms with Crippen molar-refractivity contribution in [2.24, 2.45) is 0 Å². The monoisotopic (exact) mass is 249 g/mol. The molecule has 3 unspecified atom stereocenters. The number of hydrogen-bond acceptors (Lipinski definition) is 4. The maximum Gasteiger partial charge on any atom is 0.147 e. The van der Waals surface area contributed by atoms with Gasteiger partial charge in [-0.15, -0.1) is 0 Å². The van der Waals surface area contributed by atoms with Crippen LogP contribution in [0.15, 0.2) is 0 Å². The van der Waals surface area contributed by atoms with Crippen molar-refractivity contribution in [2.45, 2.75) is 50.9 Å². The SMILES string of the molecule is CNC(CCCS(C)(=O)=O)C1CCC(C)O1. The molecule has 1 fully saturated rings. The van der Waals surface area contributed by atoms with Crippen LogP contribution in [0, 0.1) is 0 Å². The summed E-state index contributed by atoms with van der Waals surface area (Å²) in [5.74, 6) is 0.271. The zero-order valence-corrected chi connectivity index (χ0v) is 11.2. The van der Waals surface area contributed by atoms with Gasteiger partial charge in [-0.05, 0) is 39.7 Å². The fourth-order valence-corrected chi connectivity index (χ4v) is 2.90. The first kappa shape index (κ1) is 13.9. The summed E-state index contributed by atoms with van der Waals surface area (Å²) < 4.78 is 27.8. The lowest BCUT2D eigenvalue weighted by molar-refractivity contribution is 0.0317. The minimum absolute atomic E-state index is 0.250. The van der Waals surface area contributed by atoms with Gasteiger partial charge in [0, 0.05) is 18.1 Å². The van der Waals surface area contributed by atoms with Gasteiger partial charge in [0.15, 0.2) is 0 Å². The van der Waals surface area contributed by atoms with Crippen LogP contribution in [-0.2, 0) is 14.6 Å². The third-order valence-corrected chi connectivity index (χ3v) is 4.14. The second kappa shape index (κ2) is 5.98. The molecule has 0 amide bonds. The van der Waals surface area contributed by atoms with Crippen LogP contribution in [0.3, 0.4) is 0 Å². The molecular formula is C11H23NO3S. The van der Waals surface area contributed by atoms with Crippen LogP contribution >= 0.6 is 0 Å². The van der Waals surface area contributed by atoms with Gasteiger partial charge in [-0.25, -0.2) is 8.42 Å². The minimum atomic E-state index is -2.83. The Kier molecular flexibility index (Phi) is 5.21. The summed E-state index contributed by atoms with van der Waals surface area (Å²) in [7, 11) is -0.917. The highest BCUT2D eigenvalue weighted by Gasteiger charge is 2.28. The van der Waals surface area contributed by atoms with Crippen LogP contribution in [0.2, 0.25) is 0 Å². The topological polar surface area (TPSA) is 55.4 Å². The molecule has 0 aromatic carbocycles. The van der Waals surface area contributed by atoms with E-state index in [2.05, 4.69) is 12.2 Å². The Balaban J connectivity index is 2.32. The maximum absolute atomic E-state index is 11.0. The van der Waals surface area contributed by atoms with Gasteiger partial charge in [-0.3, -0.25) is 0 Å². The molecule has 96 valence electrons. The van der Waals surface area contributed by atoms with Gasteiger partial charge in [0.05, 0.1) is 12.2 Å². The molecule has 1 saturated heterocycles. The third kappa shape index (κ3) is 4.80.